The summed E-state index contributed by atoms with van der Waals surface area (Å²) >= 11 is 0. The van der Waals surface area contributed by atoms with E-state index in [0.29, 0.717) is 18.7 Å². The summed E-state index contributed by atoms with van der Waals surface area (Å²) in [6.07, 6.45) is 0. The summed E-state index contributed by atoms with van der Waals surface area (Å²) in [6.45, 7) is 6.01. The van der Waals surface area contributed by atoms with Gasteiger partial charge in [-0.25, -0.2) is 17.5 Å². The van der Waals surface area contributed by atoms with Gasteiger partial charge in [0.25, 0.3) is 0 Å². The van der Waals surface area contributed by atoms with Gasteiger partial charge in [-0.05, 0) is 55.0 Å². The summed E-state index contributed by atoms with van der Waals surface area (Å²) in [4.78, 5) is 4.63. The molecule has 8 heteroatoms. The number of sulfonamides is 1. The van der Waals surface area contributed by atoms with Crippen molar-refractivity contribution in [1.82, 2.24) is 9.62 Å². The number of anilines is 1. The Bertz CT molecular complexity index is 895. The molecule has 0 spiro atoms. The van der Waals surface area contributed by atoms with Crippen LogP contribution >= 0.6 is 0 Å². The van der Waals surface area contributed by atoms with Crippen LogP contribution < -0.4 is 14.4 Å². The number of ether oxygens (including phenoxy) is 1. The van der Waals surface area contributed by atoms with Crippen molar-refractivity contribution in [2.24, 2.45) is 0 Å². The SMILES string of the molecule is COc1ccc(N2CCN(CCNS(=O)(=O)c3ccc(F)c(C)c3)CC2)cc1. The number of methoxy groups -OCH3 is 1. The van der Waals surface area contributed by atoms with Crippen molar-refractivity contribution in [1.29, 1.82) is 0 Å². The molecule has 6 nitrogen and oxygen atoms in total. The fourth-order valence-corrected chi connectivity index (χ4v) is 4.33. The molecule has 1 heterocycles. The molecule has 2 aromatic carbocycles. The van der Waals surface area contributed by atoms with Crippen LogP contribution in [-0.4, -0.2) is 59.7 Å². The second-order valence-electron chi connectivity index (χ2n) is 6.84. The Morgan fingerprint density at radius 3 is 2.36 bits per heavy atom. The van der Waals surface area contributed by atoms with Gasteiger partial charge in [0.15, 0.2) is 0 Å². The third-order valence-electron chi connectivity index (χ3n) is 4.97. The third kappa shape index (κ3) is 5.01. The molecule has 0 saturated carbocycles. The second kappa shape index (κ2) is 8.89. The highest BCUT2D eigenvalue weighted by Crippen LogP contribution is 2.20. The Morgan fingerprint density at radius 1 is 1.07 bits per heavy atom. The Labute approximate surface area is 166 Å². The van der Waals surface area contributed by atoms with Crippen molar-refractivity contribution in [2.75, 3.05) is 51.3 Å². The number of piperazine rings is 1. The molecule has 1 N–H and O–H groups in total. The van der Waals surface area contributed by atoms with Crippen molar-refractivity contribution < 1.29 is 17.5 Å². The summed E-state index contributed by atoms with van der Waals surface area (Å²) < 4.78 is 45.8. The van der Waals surface area contributed by atoms with Gasteiger partial charge in [0.2, 0.25) is 10.0 Å². The molecule has 1 fully saturated rings. The van der Waals surface area contributed by atoms with E-state index in [1.807, 2.05) is 24.3 Å². The van der Waals surface area contributed by atoms with Crippen molar-refractivity contribution in [3.63, 3.8) is 0 Å². The van der Waals surface area contributed by atoms with Gasteiger partial charge in [-0.1, -0.05) is 0 Å². The first-order valence-corrected chi connectivity index (χ1v) is 10.7. The molecule has 0 atom stereocenters. The van der Waals surface area contributed by atoms with Crippen LogP contribution in [0.15, 0.2) is 47.4 Å². The molecule has 0 aromatic heterocycles. The van der Waals surface area contributed by atoms with E-state index < -0.39 is 15.8 Å². The Hall–Kier alpha value is -2.16. The Morgan fingerprint density at radius 2 is 1.75 bits per heavy atom. The zero-order valence-electron chi connectivity index (χ0n) is 16.2. The quantitative estimate of drug-likeness (QED) is 0.763. The zero-order chi connectivity index (χ0) is 20.1. The van der Waals surface area contributed by atoms with Gasteiger partial charge in [0.1, 0.15) is 11.6 Å². The average molecular weight is 408 g/mol. The van der Waals surface area contributed by atoms with E-state index in [2.05, 4.69) is 14.5 Å². The highest BCUT2D eigenvalue weighted by atomic mass is 32.2. The largest absolute Gasteiger partial charge is 0.497 e. The molecule has 3 rings (SSSR count). The summed E-state index contributed by atoms with van der Waals surface area (Å²) in [7, 11) is -1.97. The molecule has 2 aromatic rings. The van der Waals surface area contributed by atoms with E-state index in [4.69, 9.17) is 4.74 Å². The van der Waals surface area contributed by atoms with E-state index >= 15 is 0 Å². The van der Waals surface area contributed by atoms with Crippen LogP contribution in [-0.2, 0) is 10.0 Å². The molecular formula is C20H26FN3O3S. The summed E-state index contributed by atoms with van der Waals surface area (Å²) in [5.41, 5.74) is 1.48. The summed E-state index contributed by atoms with van der Waals surface area (Å²) in [6, 6.07) is 11.8. The average Bonchev–Trinajstić information content (AvgIpc) is 2.70. The lowest BCUT2D eigenvalue weighted by Crippen LogP contribution is -2.48. The predicted octanol–water partition coefficient (Wildman–Crippen LogP) is 2.24. The smallest absolute Gasteiger partial charge is 0.240 e. The number of aryl methyl sites for hydroxylation is 1. The first kappa shape index (κ1) is 20.6. The van der Waals surface area contributed by atoms with Crippen LogP contribution in [0.25, 0.3) is 0 Å². The maximum atomic E-state index is 13.3. The van der Waals surface area contributed by atoms with Crippen molar-refractivity contribution in [3.05, 3.63) is 53.8 Å². The molecule has 0 bridgehead atoms. The summed E-state index contributed by atoms with van der Waals surface area (Å²) in [5, 5.41) is 0. The number of rotatable bonds is 7. The number of hydrogen-bond donors (Lipinski definition) is 1. The number of benzene rings is 2. The van der Waals surface area contributed by atoms with Crippen LogP contribution in [0, 0.1) is 12.7 Å². The van der Waals surface area contributed by atoms with Crippen LogP contribution in [0.3, 0.4) is 0 Å². The van der Waals surface area contributed by atoms with Crippen LogP contribution in [0.2, 0.25) is 0 Å². The van der Waals surface area contributed by atoms with Gasteiger partial charge < -0.3 is 9.64 Å². The monoisotopic (exact) mass is 407 g/mol. The molecule has 152 valence electrons. The lowest BCUT2D eigenvalue weighted by Gasteiger charge is -2.36. The van der Waals surface area contributed by atoms with Crippen LogP contribution in [0.5, 0.6) is 5.75 Å². The standard InChI is InChI=1S/C20H26FN3O3S/c1-16-15-19(7-8-20(16)21)28(25,26)22-9-10-23-11-13-24(14-12-23)17-3-5-18(27-2)6-4-17/h3-8,15,22H,9-14H2,1-2H3. The molecule has 0 unspecified atom stereocenters. The van der Waals surface area contributed by atoms with Crippen molar-refractivity contribution in [2.45, 2.75) is 11.8 Å². The van der Waals surface area contributed by atoms with E-state index in [9.17, 15) is 12.8 Å². The summed E-state index contributed by atoms with van der Waals surface area (Å²) in [5.74, 6) is 0.430. The fourth-order valence-electron chi connectivity index (χ4n) is 3.23. The molecule has 1 aliphatic heterocycles. The van der Waals surface area contributed by atoms with E-state index in [1.165, 1.54) is 18.2 Å². The maximum absolute atomic E-state index is 13.3. The minimum absolute atomic E-state index is 0.0933. The van der Waals surface area contributed by atoms with E-state index in [-0.39, 0.29) is 4.90 Å². The second-order valence-corrected chi connectivity index (χ2v) is 8.60. The Balaban J connectivity index is 1.46. The minimum Gasteiger partial charge on any atom is -0.497 e. The molecular weight excluding hydrogens is 381 g/mol. The molecule has 1 aliphatic rings. The first-order valence-electron chi connectivity index (χ1n) is 9.26. The molecule has 0 aliphatic carbocycles. The highest BCUT2D eigenvalue weighted by molar-refractivity contribution is 7.89. The maximum Gasteiger partial charge on any atom is 0.240 e. The van der Waals surface area contributed by atoms with Gasteiger partial charge in [0, 0.05) is 45.0 Å². The van der Waals surface area contributed by atoms with E-state index in [0.717, 1.165) is 37.6 Å². The van der Waals surface area contributed by atoms with Gasteiger partial charge in [-0.3, -0.25) is 4.90 Å². The van der Waals surface area contributed by atoms with Crippen LogP contribution in [0.1, 0.15) is 5.56 Å². The van der Waals surface area contributed by atoms with Gasteiger partial charge >= 0.3 is 0 Å². The normalized spacial score (nSPS) is 15.6. The predicted molar refractivity (Wildman–Crippen MR) is 108 cm³/mol. The molecule has 0 radical (unpaired) electrons. The molecule has 28 heavy (non-hydrogen) atoms. The number of halogens is 1. The lowest BCUT2D eigenvalue weighted by atomic mass is 10.2. The Kier molecular flexibility index (Phi) is 6.53. The van der Waals surface area contributed by atoms with Crippen LogP contribution in [0.4, 0.5) is 10.1 Å². The fraction of sp³-hybridized carbons (Fsp3) is 0.400. The van der Waals surface area contributed by atoms with E-state index in [1.54, 1.807) is 14.0 Å². The number of hydrogen-bond acceptors (Lipinski definition) is 5. The first-order chi connectivity index (χ1) is 13.4. The number of nitrogens with one attached hydrogen (secondary N) is 1. The number of nitrogens with zero attached hydrogens (tertiary/aromatic N) is 2. The van der Waals surface area contributed by atoms with Crippen molar-refractivity contribution >= 4 is 15.7 Å². The molecule has 0 amide bonds. The van der Waals surface area contributed by atoms with Gasteiger partial charge in [0.05, 0.1) is 12.0 Å². The minimum atomic E-state index is -3.63. The molecule has 1 saturated heterocycles. The topological polar surface area (TPSA) is 61.9 Å². The highest BCUT2D eigenvalue weighted by Gasteiger charge is 2.19. The lowest BCUT2D eigenvalue weighted by molar-refractivity contribution is 0.262. The van der Waals surface area contributed by atoms with Gasteiger partial charge in [-0.15, -0.1) is 0 Å². The van der Waals surface area contributed by atoms with Gasteiger partial charge in [-0.2, -0.15) is 0 Å². The third-order valence-corrected chi connectivity index (χ3v) is 6.43. The van der Waals surface area contributed by atoms with Crippen molar-refractivity contribution in [3.8, 4) is 5.75 Å². The zero-order valence-corrected chi connectivity index (χ0v) is 17.0.